The predicted octanol–water partition coefficient (Wildman–Crippen LogP) is 1.34. The molecule has 76 valence electrons. The Morgan fingerprint density at radius 2 is 2.40 bits per heavy atom. The van der Waals surface area contributed by atoms with E-state index in [2.05, 4.69) is 16.8 Å². The maximum atomic E-state index is 10.8. The zero-order valence-corrected chi connectivity index (χ0v) is 7.62. The number of rotatable bonds is 3. The van der Waals surface area contributed by atoms with Crippen LogP contribution in [-0.2, 0) is 0 Å². The molecule has 0 aliphatic heterocycles. The Morgan fingerprint density at radius 1 is 1.60 bits per heavy atom. The third kappa shape index (κ3) is 1.52. The summed E-state index contributed by atoms with van der Waals surface area (Å²) in [5, 5.41) is 16.2. The van der Waals surface area contributed by atoms with Crippen LogP contribution in [-0.4, -0.2) is 26.0 Å². The van der Waals surface area contributed by atoms with Crippen molar-refractivity contribution in [1.29, 1.82) is 0 Å². The van der Waals surface area contributed by atoms with Crippen molar-refractivity contribution in [2.75, 3.05) is 0 Å². The molecule has 2 heterocycles. The van der Waals surface area contributed by atoms with Crippen molar-refractivity contribution in [2.24, 2.45) is 0 Å². The van der Waals surface area contributed by atoms with E-state index in [1.165, 1.54) is 17.1 Å². The quantitative estimate of drug-likeness (QED) is 0.817. The van der Waals surface area contributed by atoms with Crippen molar-refractivity contribution < 1.29 is 14.4 Å². The second-order valence-corrected chi connectivity index (χ2v) is 2.77. The first-order valence-corrected chi connectivity index (χ1v) is 4.07. The summed E-state index contributed by atoms with van der Waals surface area (Å²) in [5.41, 5.74) is 0.559. The number of aromatic nitrogens is 3. The highest BCUT2D eigenvalue weighted by Crippen LogP contribution is 2.22. The largest absolute Gasteiger partial charge is 0.477 e. The molecule has 0 saturated carbocycles. The van der Waals surface area contributed by atoms with E-state index in [1.54, 1.807) is 6.20 Å². The molecule has 0 aliphatic carbocycles. The number of aromatic carboxylic acids is 1. The average molecular weight is 205 g/mol. The lowest BCUT2D eigenvalue weighted by atomic mass is 10.2. The van der Waals surface area contributed by atoms with Gasteiger partial charge in [0.25, 0.3) is 0 Å². The Balaban J connectivity index is 2.48. The van der Waals surface area contributed by atoms with Crippen molar-refractivity contribution in [2.45, 2.75) is 0 Å². The zero-order valence-electron chi connectivity index (χ0n) is 7.62. The molecule has 0 aliphatic rings. The van der Waals surface area contributed by atoms with Crippen LogP contribution >= 0.6 is 0 Å². The van der Waals surface area contributed by atoms with E-state index in [0.717, 1.165) is 6.20 Å². The van der Waals surface area contributed by atoms with Gasteiger partial charge in [-0.05, 0) is 0 Å². The average Bonchev–Trinajstić information content (AvgIpc) is 2.85. The van der Waals surface area contributed by atoms with Crippen LogP contribution in [0.25, 0.3) is 17.5 Å². The van der Waals surface area contributed by atoms with Gasteiger partial charge in [-0.1, -0.05) is 11.7 Å². The standard InChI is InChI=1S/C9H7N3O3/c1-2-12-5-6(3-10-12)8-7(9(13)14)4-11-15-8/h2-5H,1H2,(H,13,14). The van der Waals surface area contributed by atoms with Crippen molar-refractivity contribution in [3.63, 3.8) is 0 Å². The Labute approximate surface area is 84.4 Å². The first-order valence-electron chi connectivity index (χ1n) is 4.07. The van der Waals surface area contributed by atoms with Gasteiger partial charge in [0.05, 0.1) is 18.0 Å². The van der Waals surface area contributed by atoms with Gasteiger partial charge in [-0.15, -0.1) is 0 Å². The van der Waals surface area contributed by atoms with Crippen molar-refractivity contribution in [3.05, 3.63) is 30.7 Å². The minimum Gasteiger partial charge on any atom is -0.477 e. The normalized spacial score (nSPS) is 10.1. The Bertz CT molecular complexity index is 512. The number of carboxylic acids is 1. The highest BCUT2D eigenvalue weighted by atomic mass is 16.5. The van der Waals surface area contributed by atoms with E-state index in [0.29, 0.717) is 5.56 Å². The van der Waals surface area contributed by atoms with Gasteiger partial charge in [0, 0.05) is 12.4 Å². The summed E-state index contributed by atoms with van der Waals surface area (Å²) < 4.78 is 6.30. The molecule has 0 fully saturated rings. The molecular weight excluding hydrogens is 198 g/mol. The van der Waals surface area contributed by atoms with Gasteiger partial charge in [-0.3, -0.25) is 0 Å². The van der Waals surface area contributed by atoms with Crippen LogP contribution in [0, 0.1) is 0 Å². The van der Waals surface area contributed by atoms with Gasteiger partial charge in [0.15, 0.2) is 5.76 Å². The topological polar surface area (TPSA) is 81.2 Å². The van der Waals surface area contributed by atoms with E-state index < -0.39 is 5.97 Å². The summed E-state index contributed by atoms with van der Waals surface area (Å²) in [5.74, 6) is -0.895. The van der Waals surface area contributed by atoms with Gasteiger partial charge >= 0.3 is 5.97 Å². The lowest BCUT2D eigenvalue weighted by Crippen LogP contribution is -1.95. The number of nitrogens with zero attached hydrogens (tertiary/aromatic N) is 3. The molecule has 0 bridgehead atoms. The maximum absolute atomic E-state index is 10.8. The van der Waals surface area contributed by atoms with Crippen molar-refractivity contribution >= 4 is 12.2 Å². The van der Waals surface area contributed by atoms with Crippen LogP contribution in [0.5, 0.6) is 0 Å². The highest BCUT2D eigenvalue weighted by Gasteiger charge is 2.17. The summed E-state index contributed by atoms with van der Waals surface area (Å²) in [6.45, 7) is 3.52. The lowest BCUT2D eigenvalue weighted by Gasteiger charge is -1.90. The number of hydrogen-bond donors (Lipinski definition) is 1. The molecule has 2 rings (SSSR count). The second kappa shape index (κ2) is 3.41. The van der Waals surface area contributed by atoms with E-state index in [4.69, 9.17) is 9.63 Å². The zero-order chi connectivity index (χ0) is 10.8. The summed E-state index contributed by atoms with van der Waals surface area (Å²) in [4.78, 5) is 10.8. The Morgan fingerprint density at radius 3 is 3.00 bits per heavy atom. The van der Waals surface area contributed by atoms with E-state index in [9.17, 15) is 4.79 Å². The fraction of sp³-hybridized carbons (Fsp3) is 0. The number of carboxylic acid groups (broad SMARTS) is 1. The SMILES string of the molecule is C=Cn1cc(-c2oncc2C(=O)O)cn1. The van der Waals surface area contributed by atoms with Gasteiger partial charge in [0.2, 0.25) is 0 Å². The molecule has 0 radical (unpaired) electrons. The van der Waals surface area contributed by atoms with Crippen LogP contribution in [0.2, 0.25) is 0 Å². The second-order valence-electron chi connectivity index (χ2n) is 2.77. The van der Waals surface area contributed by atoms with Gasteiger partial charge < -0.3 is 9.63 Å². The van der Waals surface area contributed by atoms with Gasteiger partial charge in [0.1, 0.15) is 5.56 Å². The molecule has 1 N–H and O–H groups in total. The lowest BCUT2D eigenvalue weighted by molar-refractivity contribution is 0.0697. The van der Waals surface area contributed by atoms with Crippen LogP contribution < -0.4 is 0 Å². The molecule has 2 aromatic rings. The smallest absolute Gasteiger partial charge is 0.341 e. The molecule has 0 atom stereocenters. The van der Waals surface area contributed by atoms with Crippen LogP contribution in [0.4, 0.5) is 0 Å². The molecule has 0 aromatic carbocycles. The summed E-state index contributed by atoms with van der Waals surface area (Å²) >= 11 is 0. The third-order valence-electron chi connectivity index (χ3n) is 1.85. The van der Waals surface area contributed by atoms with Crippen LogP contribution in [0.3, 0.4) is 0 Å². The molecule has 15 heavy (non-hydrogen) atoms. The van der Waals surface area contributed by atoms with E-state index in [-0.39, 0.29) is 11.3 Å². The van der Waals surface area contributed by atoms with E-state index in [1.807, 2.05) is 0 Å². The first kappa shape index (κ1) is 9.20. The van der Waals surface area contributed by atoms with Crippen LogP contribution in [0.15, 0.2) is 29.7 Å². The van der Waals surface area contributed by atoms with Crippen molar-refractivity contribution in [3.8, 4) is 11.3 Å². The first-order chi connectivity index (χ1) is 7.22. The molecule has 0 unspecified atom stereocenters. The Kier molecular flexibility index (Phi) is 2.09. The summed E-state index contributed by atoms with van der Waals surface area (Å²) in [7, 11) is 0. The minimum atomic E-state index is -1.09. The Hall–Kier alpha value is -2.37. The molecule has 0 spiro atoms. The molecule has 6 nitrogen and oxygen atoms in total. The van der Waals surface area contributed by atoms with Crippen molar-refractivity contribution in [1.82, 2.24) is 14.9 Å². The fourth-order valence-corrected chi connectivity index (χ4v) is 1.16. The van der Waals surface area contributed by atoms with Gasteiger partial charge in [-0.25, -0.2) is 9.48 Å². The fourth-order valence-electron chi connectivity index (χ4n) is 1.16. The molecule has 6 heteroatoms. The minimum absolute atomic E-state index is 0.0126. The molecule has 0 saturated heterocycles. The summed E-state index contributed by atoms with van der Waals surface area (Å²) in [6, 6.07) is 0. The number of hydrogen-bond acceptors (Lipinski definition) is 4. The predicted molar refractivity (Wildman–Crippen MR) is 51.1 cm³/mol. The third-order valence-corrected chi connectivity index (χ3v) is 1.85. The molecule has 2 aromatic heterocycles. The maximum Gasteiger partial charge on any atom is 0.341 e. The van der Waals surface area contributed by atoms with Crippen LogP contribution in [0.1, 0.15) is 10.4 Å². The highest BCUT2D eigenvalue weighted by molar-refractivity contribution is 5.93. The van der Waals surface area contributed by atoms with Gasteiger partial charge in [-0.2, -0.15) is 5.10 Å². The molecular formula is C9H7N3O3. The monoisotopic (exact) mass is 205 g/mol. The summed E-state index contributed by atoms with van der Waals surface area (Å²) in [6.07, 6.45) is 5.72. The molecule has 0 amide bonds. The van der Waals surface area contributed by atoms with E-state index >= 15 is 0 Å². The number of carbonyl (C=O) groups is 1.